The molecule has 1 rings (SSSR count). The van der Waals surface area contributed by atoms with Gasteiger partial charge in [-0.2, -0.15) is 0 Å². The van der Waals surface area contributed by atoms with Crippen LogP contribution in [-0.4, -0.2) is 19.1 Å². The van der Waals surface area contributed by atoms with Gasteiger partial charge in [0.05, 0.1) is 7.11 Å². The smallest absolute Gasteiger partial charge is 0.328 e. The number of carbonyl (C=O) groups excluding carboxylic acids is 1. The molecule has 0 fully saturated rings. The van der Waals surface area contributed by atoms with Crippen molar-refractivity contribution in [1.29, 1.82) is 0 Å². The summed E-state index contributed by atoms with van der Waals surface area (Å²) in [5.74, 6) is -0.216. The number of nitrogens with one attached hydrogen (secondary N) is 1. The highest BCUT2D eigenvalue weighted by Gasteiger charge is 2.18. The maximum atomic E-state index is 11.7. The molecule has 0 bridgehead atoms. The normalized spacial score (nSPS) is 11.9. The number of carbonyl (C=O) groups is 1. The molecular formula is C15H22ClNO2. The molecule has 1 N–H and O–H groups in total. The first-order valence-corrected chi connectivity index (χ1v) is 7.15. The van der Waals surface area contributed by atoms with Crippen LogP contribution in [0, 0.1) is 0 Å². The van der Waals surface area contributed by atoms with Gasteiger partial charge in [-0.1, -0.05) is 44.2 Å². The zero-order valence-electron chi connectivity index (χ0n) is 11.6. The average molecular weight is 284 g/mol. The zero-order chi connectivity index (χ0) is 14.1. The first-order chi connectivity index (χ1) is 9.17. The van der Waals surface area contributed by atoms with E-state index in [1.165, 1.54) is 20.0 Å². The summed E-state index contributed by atoms with van der Waals surface area (Å²) in [5.41, 5.74) is 0.885. The van der Waals surface area contributed by atoms with Gasteiger partial charge >= 0.3 is 5.97 Å². The predicted molar refractivity (Wildman–Crippen MR) is 79.6 cm³/mol. The van der Waals surface area contributed by atoms with Crippen LogP contribution >= 0.6 is 11.6 Å². The van der Waals surface area contributed by atoms with Gasteiger partial charge in [0.25, 0.3) is 0 Å². The number of unbranched alkanes of at least 4 members (excludes halogenated alkanes) is 3. The largest absolute Gasteiger partial charge is 0.467 e. The summed E-state index contributed by atoms with van der Waals surface area (Å²) < 4.78 is 4.84. The highest BCUT2D eigenvalue weighted by molar-refractivity contribution is 6.30. The second-order valence-electron chi connectivity index (χ2n) is 4.58. The summed E-state index contributed by atoms with van der Waals surface area (Å²) >= 11 is 5.84. The molecule has 0 saturated heterocycles. The number of hydrogen-bond acceptors (Lipinski definition) is 3. The van der Waals surface area contributed by atoms with Gasteiger partial charge in [-0.05, 0) is 30.7 Å². The first kappa shape index (κ1) is 15.8. The lowest BCUT2D eigenvalue weighted by Gasteiger charge is -2.17. The standard InChI is InChI=1S/C15H22ClNO2/c1-3-4-5-6-7-14(15(18)19-2)17-13-10-8-12(16)9-11-13/h8-11,14,17H,3-7H2,1-2H3. The van der Waals surface area contributed by atoms with Gasteiger partial charge in [-0.25, -0.2) is 4.79 Å². The van der Waals surface area contributed by atoms with Gasteiger partial charge in [0.2, 0.25) is 0 Å². The van der Waals surface area contributed by atoms with E-state index in [4.69, 9.17) is 16.3 Å². The second kappa shape index (κ2) is 8.81. The molecule has 0 amide bonds. The van der Waals surface area contributed by atoms with Gasteiger partial charge in [0.1, 0.15) is 6.04 Å². The lowest BCUT2D eigenvalue weighted by molar-refractivity contribution is -0.141. The van der Waals surface area contributed by atoms with E-state index < -0.39 is 0 Å². The van der Waals surface area contributed by atoms with Crippen LogP contribution in [-0.2, 0) is 9.53 Å². The van der Waals surface area contributed by atoms with Crippen molar-refractivity contribution < 1.29 is 9.53 Å². The Morgan fingerprint density at radius 1 is 1.26 bits per heavy atom. The molecule has 0 radical (unpaired) electrons. The fourth-order valence-corrected chi connectivity index (χ4v) is 2.04. The highest BCUT2D eigenvalue weighted by atomic mass is 35.5. The minimum Gasteiger partial charge on any atom is -0.467 e. The van der Waals surface area contributed by atoms with Crippen LogP contribution in [0.2, 0.25) is 5.02 Å². The van der Waals surface area contributed by atoms with Crippen LogP contribution in [0.15, 0.2) is 24.3 Å². The molecule has 3 nitrogen and oxygen atoms in total. The Morgan fingerprint density at radius 3 is 2.53 bits per heavy atom. The molecule has 0 heterocycles. The minimum absolute atomic E-state index is 0.216. The van der Waals surface area contributed by atoms with E-state index in [1.807, 2.05) is 12.1 Å². The van der Waals surface area contributed by atoms with Crippen molar-refractivity contribution in [2.45, 2.75) is 45.1 Å². The Labute approximate surface area is 120 Å². The summed E-state index contributed by atoms with van der Waals surface area (Å²) in [6.07, 6.45) is 5.35. The molecule has 0 aliphatic heterocycles. The molecule has 1 aromatic rings. The average Bonchev–Trinajstić information content (AvgIpc) is 2.43. The van der Waals surface area contributed by atoms with Gasteiger partial charge in [0, 0.05) is 10.7 Å². The molecule has 106 valence electrons. The van der Waals surface area contributed by atoms with E-state index in [2.05, 4.69) is 12.2 Å². The number of hydrogen-bond donors (Lipinski definition) is 1. The summed E-state index contributed by atoms with van der Waals surface area (Å²) in [6.45, 7) is 2.17. The Morgan fingerprint density at radius 2 is 1.95 bits per heavy atom. The minimum atomic E-state index is -0.289. The molecule has 0 saturated carbocycles. The Balaban J connectivity index is 2.53. The summed E-state index contributed by atoms with van der Waals surface area (Å²) in [6, 6.07) is 7.04. The van der Waals surface area contributed by atoms with Crippen molar-refractivity contribution in [3.8, 4) is 0 Å². The molecule has 1 unspecified atom stereocenters. The number of anilines is 1. The summed E-state index contributed by atoms with van der Waals surface area (Å²) in [4.78, 5) is 11.7. The van der Waals surface area contributed by atoms with E-state index in [0.29, 0.717) is 5.02 Å². The lowest BCUT2D eigenvalue weighted by Crippen LogP contribution is -2.30. The Bertz CT molecular complexity index is 378. The van der Waals surface area contributed by atoms with Gasteiger partial charge in [0.15, 0.2) is 0 Å². The number of esters is 1. The number of halogens is 1. The third-order valence-corrected chi connectivity index (χ3v) is 3.27. The fraction of sp³-hybridized carbons (Fsp3) is 0.533. The fourth-order valence-electron chi connectivity index (χ4n) is 1.91. The first-order valence-electron chi connectivity index (χ1n) is 6.77. The Hall–Kier alpha value is -1.22. The number of benzene rings is 1. The molecular weight excluding hydrogens is 262 g/mol. The summed E-state index contributed by atoms with van der Waals surface area (Å²) in [7, 11) is 1.42. The SMILES string of the molecule is CCCCCCC(Nc1ccc(Cl)cc1)C(=O)OC. The number of methoxy groups -OCH3 is 1. The van der Waals surface area contributed by atoms with E-state index in [0.717, 1.165) is 24.9 Å². The van der Waals surface area contributed by atoms with Crippen LogP contribution in [0.1, 0.15) is 39.0 Å². The van der Waals surface area contributed by atoms with Gasteiger partial charge < -0.3 is 10.1 Å². The third-order valence-electron chi connectivity index (χ3n) is 3.02. The van der Waals surface area contributed by atoms with Crippen LogP contribution in [0.25, 0.3) is 0 Å². The van der Waals surface area contributed by atoms with Gasteiger partial charge in [-0.15, -0.1) is 0 Å². The van der Waals surface area contributed by atoms with Gasteiger partial charge in [-0.3, -0.25) is 0 Å². The van der Waals surface area contributed by atoms with Crippen LogP contribution in [0.3, 0.4) is 0 Å². The van der Waals surface area contributed by atoms with E-state index in [1.54, 1.807) is 12.1 Å². The monoisotopic (exact) mass is 283 g/mol. The molecule has 0 aliphatic rings. The number of rotatable bonds is 8. The van der Waals surface area contributed by atoms with Crippen molar-refractivity contribution in [2.75, 3.05) is 12.4 Å². The third kappa shape index (κ3) is 5.97. The molecule has 4 heteroatoms. The molecule has 1 atom stereocenters. The maximum Gasteiger partial charge on any atom is 0.328 e. The van der Waals surface area contributed by atoms with Crippen molar-refractivity contribution >= 4 is 23.3 Å². The topological polar surface area (TPSA) is 38.3 Å². The molecule has 19 heavy (non-hydrogen) atoms. The zero-order valence-corrected chi connectivity index (χ0v) is 12.4. The molecule has 0 aliphatic carbocycles. The predicted octanol–water partition coefficient (Wildman–Crippen LogP) is 4.26. The second-order valence-corrected chi connectivity index (χ2v) is 5.01. The lowest BCUT2D eigenvalue weighted by atomic mass is 10.1. The van der Waals surface area contributed by atoms with Crippen LogP contribution in [0.5, 0.6) is 0 Å². The molecule has 0 aromatic heterocycles. The maximum absolute atomic E-state index is 11.7. The van der Waals surface area contributed by atoms with Crippen LogP contribution < -0.4 is 5.32 Å². The van der Waals surface area contributed by atoms with Crippen molar-refractivity contribution in [3.63, 3.8) is 0 Å². The quantitative estimate of drug-likeness (QED) is 0.572. The molecule has 0 spiro atoms. The summed E-state index contributed by atoms with van der Waals surface area (Å²) in [5, 5.41) is 3.88. The Kier molecular flexibility index (Phi) is 7.34. The molecule has 1 aromatic carbocycles. The van der Waals surface area contributed by atoms with E-state index in [9.17, 15) is 4.79 Å². The van der Waals surface area contributed by atoms with Crippen molar-refractivity contribution in [2.24, 2.45) is 0 Å². The van der Waals surface area contributed by atoms with Crippen molar-refractivity contribution in [3.05, 3.63) is 29.3 Å². The van der Waals surface area contributed by atoms with Crippen molar-refractivity contribution in [1.82, 2.24) is 0 Å². The highest BCUT2D eigenvalue weighted by Crippen LogP contribution is 2.17. The van der Waals surface area contributed by atoms with Crippen LogP contribution in [0.4, 0.5) is 5.69 Å². The van der Waals surface area contributed by atoms with E-state index >= 15 is 0 Å². The number of ether oxygens (including phenoxy) is 1. The van der Waals surface area contributed by atoms with E-state index in [-0.39, 0.29) is 12.0 Å².